The van der Waals surface area contributed by atoms with Crippen LogP contribution in [0.3, 0.4) is 0 Å². The van der Waals surface area contributed by atoms with Crippen LogP contribution >= 0.6 is 0 Å². The number of aliphatic hydroxyl groups excluding tert-OH is 1. The van der Waals surface area contributed by atoms with Crippen LogP contribution in [0.5, 0.6) is 0 Å². The predicted molar refractivity (Wildman–Crippen MR) is 136 cm³/mol. The van der Waals surface area contributed by atoms with Gasteiger partial charge < -0.3 is 42.9 Å². The molecule has 37 heavy (non-hydrogen) atoms. The summed E-state index contributed by atoms with van der Waals surface area (Å²) in [5.74, 6) is -3.20. The lowest BCUT2D eigenvalue weighted by molar-refractivity contribution is -0.147. The van der Waals surface area contributed by atoms with Crippen LogP contribution in [0.15, 0.2) is 35.3 Å². The first-order valence-electron chi connectivity index (χ1n) is 12.2. The van der Waals surface area contributed by atoms with Crippen molar-refractivity contribution < 1.29 is 29.4 Å². The Morgan fingerprint density at radius 1 is 1.16 bits per heavy atom. The monoisotopic (exact) mass is 519 g/mol. The zero-order valence-electron chi connectivity index (χ0n) is 20.9. The molecule has 1 aromatic carbocycles. The van der Waals surface area contributed by atoms with Gasteiger partial charge in [-0.1, -0.05) is 30.3 Å². The molecule has 1 aliphatic heterocycles. The number of aliphatic imine (C=N–C) groups is 1. The van der Waals surface area contributed by atoms with Crippen molar-refractivity contribution in [3.8, 4) is 0 Å². The van der Waals surface area contributed by atoms with E-state index in [-0.39, 0.29) is 31.9 Å². The number of carboxylic acids is 1. The van der Waals surface area contributed by atoms with Crippen LogP contribution < -0.4 is 27.8 Å². The van der Waals surface area contributed by atoms with Gasteiger partial charge in [-0.25, -0.2) is 4.79 Å². The predicted octanol–water partition coefficient (Wildman–Crippen LogP) is -1.96. The van der Waals surface area contributed by atoms with Crippen molar-refractivity contribution in [3.63, 3.8) is 0 Å². The molecule has 0 saturated carbocycles. The van der Waals surface area contributed by atoms with E-state index in [1.54, 1.807) is 0 Å². The number of likely N-dealkylation sites (tertiary alicyclic amines) is 1. The van der Waals surface area contributed by atoms with Crippen molar-refractivity contribution in [2.75, 3.05) is 13.1 Å². The Morgan fingerprint density at radius 3 is 2.43 bits per heavy atom. The molecule has 10 N–H and O–H groups in total. The molecule has 2 rings (SSSR count). The van der Waals surface area contributed by atoms with Crippen molar-refractivity contribution in [1.82, 2.24) is 15.5 Å². The fourth-order valence-electron chi connectivity index (χ4n) is 4.14. The quantitative estimate of drug-likeness (QED) is 0.0870. The van der Waals surface area contributed by atoms with E-state index in [0.717, 1.165) is 5.56 Å². The highest BCUT2D eigenvalue weighted by Gasteiger charge is 2.39. The Bertz CT molecular complexity index is 968. The summed E-state index contributed by atoms with van der Waals surface area (Å²) in [6, 6.07) is 4.84. The van der Waals surface area contributed by atoms with E-state index >= 15 is 0 Å². The van der Waals surface area contributed by atoms with E-state index in [1.807, 2.05) is 30.3 Å². The summed E-state index contributed by atoms with van der Waals surface area (Å²) in [7, 11) is 0. The first-order valence-corrected chi connectivity index (χ1v) is 12.2. The SMILES string of the molecule is CC(O)C(NC(=O)C1CCCN1C(=O)C(CCCN=C(N)N)NC(=O)C(N)Cc1ccccc1)C(=O)O. The van der Waals surface area contributed by atoms with Crippen molar-refractivity contribution in [2.45, 2.75) is 69.3 Å². The number of carbonyl (C=O) groups is 4. The van der Waals surface area contributed by atoms with Gasteiger partial charge in [0.1, 0.15) is 12.1 Å². The van der Waals surface area contributed by atoms with Crippen molar-refractivity contribution >= 4 is 29.7 Å². The summed E-state index contributed by atoms with van der Waals surface area (Å²) >= 11 is 0. The highest BCUT2D eigenvalue weighted by atomic mass is 16.4. The number of guanidine groups is 1. The standard InChI is InChI=1S/C24H37N7O6/c1-14(32)19(23(36)37)30-21(34)18-10-6-12-31(18)22(35)17(9-5-11-28-24(26)27)29-20(33)16(25)13-15-7-3-2-4-8-15/h2-4,7-8,14,16-19,32H,5-6,9-13,25H2,1H3,(H,29,33)(H,30,34)(H,36,37)(H4,26,27,28). The van der Waals surface area contributed by atoms with Crippen LogP contribution in [0.2, 0.25) is 0 Å². The number of aliphatic hydroxyl groups is 1. The van der Waals surface area contributed by atoms with Gasteiger partial charge in [0.15, 0.2) is 12.0 Å². The van der Waals surface area contributed by atoms with Crippen LogP contribution in [-0.2, 0) is 25.6 Å². The third kappa shape index (κ3) is 9.03. The lowest BCUT2D eigenvalue weighted by Crippen LogP contribution is -2.58. The van der Waals surface area contributed by atoms with Crippen LogP contribution in [0.4, 0.5) is 0 Å². The largest absolute Gasteiger partial charge is 0.480 e. The number of nitrogens with two attached hydrogens (primary N) is 3. The molecule has 0 aromatic heterocycles. The summed E-state index contributed by atoms with van der Waals surface area (Å²) in [5.41, 5.74) is 17.7. The first kappa shape index (κ1) is 29.5. The lowest BCUT2D eigenvalue weighted by atomic mass is 10.0. The molecule has 1 heterocycles. The van der Waals surface area contributed by atoms with Gasteiger partial charge in [-0.3, -0.25) is 19.4 Å². The maximum atomic E-state index is 13.5. The lowest BCUT2D eigenvalue weighted by Gasteiger charge is -2.30. The van der Waals surface area contributed by atoms with Gasteiger partial charge in [0, 0.05) is 13.1 Å². The molecule has 0 aliphatic carbocycles. The van der Waals surface area contributed by atoms with Crippen LogP contribution in [0, 0.1) is 0 Å². The zero-order chi connectivity index (χ0) is 27.5. The van der Waals surface area contributed by atoms with E-state index in [1.165, 1.54) is 11.8 Å². The summed E-state index contributed by atoms with van der Waals surface area (Å²) in [5, 5.41) is 24.0. The zero-order valence-corrected chi connectivity index (χ0v) is 20.9. The topological polar surface area (TPSA) is 226 Å². The average Bonchev–Trinajstić information content (AvgIpc) is 3.34. The second kappa shape index (κ2) is 14.1. The van der Waals surface area contributed by atoms with Gasteiger partial charge >= 0.3 is 5.97 Å². The first-order chi connectivity index (χ1) is 17.5. The number of benzene rings is 1. The number of carbonyl (C=O) groups excluding carboxylic acids is 3. The molecule has 0 spiro atoms. The minimum atomic E-state index is -1.52. The van der Waals surface area contributed by atoms with E-state index in [0.29, 0.717) is 19.3 Å². The van der Waals surface area contributed by atoms with Crippen molar-refractivity contribution in [2.24, 2.45) is 22.2 Å². The highest BCUT2D eigenvalue weighted by molar-refractivity contribution is 5.94. The van der Waals surface area contributed by atoms with Crippen molar-refractivity contribution in [1.29, 1.82) is 0 Å². The van der Waals surface area contributed by atoms with Gasteiger partial charge in [-0.15, -0.1) is 0 Å². The fraction of sp³-hybridized carbons (Fsp3) is 0.542. The second-order valence-corrected chi connectivity index (χ2v) is 9.06. The summed E-state index contributed by atoms with van der Waals surface area (Å²) in [6.45, 7) is 1.73. The molecule has 204 valence electrons. The van der Waals surface area contributed by atoms with E-state index < -0.39 is 54.0 Å². The van der Waals surface area contributed by atoms with Crippen LogP contribution in [0.25, 0.3) is 0 Å². The number of hydrogen-bond donors (Lipinski definition) is 7. The Balaban J connectivity index is 2.14. The average molecular weight is 520 g/mol. The second-order valence-electron chi connectivity index (χ2n) is 9.06. The molecule has 5 unspecified atom stereocenters. The van der Waals surface area contributed by atoms with E-state index in [9.17, 15) is 29.4 Å². The Morgan fingerprint density at radius 2 is 1.84 bits per heavy atom. The fourth-order valence-corrected chi connectivity index (χ4v) is 4.14. The number of hydrogen-bond acceptors (Lipinski definition) is 7. The number of carboxylic acid groups (broad SMARTS) is 1. The third-order valence-corrected chi connectivity index (χ3v) is 6.08. The molecule has 1 aliphatic rings. The Hall–Kier alpha value is -3.71. The molecule has 5 atom stereocenters. The van der Waals surface area contributed by atoms with Crippen LogP contribution in [-0.4, -0.2) is 88.1 Å². The maximum Gasteiger partial charge on any atom is 0.328 e. The third-order valence-electron chi connectivity index (χ3n) is 6.08. The van der Waals surface area contributed by atoms with Gasteiger partial charge in [0.2, 0.25) is 17.7 Å². The smallest absolute Gasteiger partial charge is 0.328 e. The van der Waals surface area contributed by atoms with Crippen molar-refractivity contribution in [3.05, 3.63) is 35.9 Å². The highest BCUT2D eigenvalue weighted by Crippen LogP contribution is 2.20. The summed E-state index contributed by atoms with van der Waals surface area (Å²) in [4.78, 5) is 55.8. The summed E-state index contributed by atoms with van der Waals surface area (Å²) in [6.07, 6.45) is 0.323. The Kier molecular flexibility index (Phi) is 11.3. The molecule has 1 fully saturated rings. The number of nitrogens with zero attached hydrogens (tertiary/aromatic N) is 2. The number of amides is 3. The maximum absolute atomic E-state index is 13.5. The molecule has 1 saturated heterocycles. The molecule has 3 amide bonds. The molecule has 1 aromatic rings. The molecular weight excluding hydrogens is 482 g/mol. The van der Waals surface area contributed by atoms with Gasteiger partial charge in [-0.2, -0.15) is 0 Å². The van der Waals surface area contributed by atoms with Gasteiger partial charge in [0.25, 0.3) is 0 Å². The minimum Gasteiger partial charge on any atom is -0.480 e. The van der Waals surface area contributed by atoms with E-state index in [4.69, 9.17) is 17.2 Å². The normalized spacial score (nSPS) is 18.2. The van der Waals surface area contributed by atoms with Crippen LogP contribution in [0.1, 0.15) is 38.2 Å². The van der Waals surface area contributed by atoms with Gasteiger partial charge in [0.05, 0.1) is 12.1 Å². The summed E-state index contributed by atoms with van der Waals surface area (Å²) < 4.78 is 0. The number of rotatable bonds is 13. The molecule has 0 radical (unpaired) electrons. The Labute approximate surface area is 215 Å². The minimum absolute atomic E-state index is 0.0980. The number of nitrogens with one attached hydrogen (secondary N) is 2. The molecule has 0 bridgehead atoms. The van der Waals surface area contributed by atoms with Gasteiger partial charge in [-0.05, 0) is 44.6 Å². The molecule has 13 heteroatoms. The number of aliphatic carboxylic acids is 1. The molecule has 13 nitrogen and oxygen atoms in total. The molecular formula is C24H37N7O6. The van der Waals surface area contributed by atoms with E-state index in [2.05, 4.69) is 15.6 Å².